The molecular weight excluding hydrogens is 370 g/mol. The van der Waals surface area contributed by atoms with Crippen LogP contribution >= 0.6 is 11.5 Å². The van der Waals surface area contributed by atoms with Gasteiger partial charge in [0.25, 0.3) is 5.91 Å². The van der Waals surface area contributed by atoms with Crippen molar-refractivity contribution in [1.82, 2.24) is 19.5 Å². The zero-order valence-electron chi connectivity index (χ0n) is 16.6. The molecule has 5 heterocycles. The van der Waals surface area contributed by atoms with E-state index in [2.05, 4.69) is 49.5 Å². The normalized spacial score (nSPS) is 28.0. The highest BCUT2D eigenvalue weighted by molar-refractivity contribution is 7.13. The minimum Gasteiger partial charge on any atom is -0.369 e. The lowest BCUT2D eigenvalue weighted by atomic mass is 9.84. The monoisotopic (exact) mass is 399 g/mol. The molecule has 0 saturated carbocycles. The average Bonchev–Trinajstić information content (AvgIpc) is 3.18. The van der Waals surface area contributed by atoms with Gasteiger partial charge in [-0.1, -0.05) is 6.92 Å². The van der Waals surface area contributed by atoms with Crippen molar-refractivity contribution in [3.8, 4) is 0 Å². The SMILES string of the molecule is CCN1CCN(c2ccc3c(C(=O)N[C@@H]4CN5CCC4CC5)nsc3c2)CC1. The predicted molar refractivity (Wildman–Crippen MR) is 114 cm³/mol. The van der Waals surface area contributed by atoms with E-state index in [-0.39, 0.29) is 11.9 Å². The summed E-state index contributed by atoms with van der Waals surface area (Å²) in [5, 5.41) is 4.27. The number of fused-ring (bicyclic) bond motifs is 4. The first kappa shape index (κ1) is 18.3. The molecule has 7 heteroatoms. The molecule has 1 N–H and O–H groups in total. The number of aromatic nitrogens is 1. The van der Waals surface area contributed by atoms with Crippen LogP contribution in [0.3, 0.4) is 0 Å². The number of piperazine rings is 1. The zero-order valence-corrected chi connectivity index (χ0v) is 17.4. The highest BCUT2D eigenvalue weighted by Crippen LogP contribution is 2.30. The molecule has 4 aliphatic heterocycles. The number of carbonyl (C=O) groups is 1. The Morgan fingerprint density at radius 2 is 1.96 bits per heavy atom. The van der Waals surface area contributed by atoms with Crippen LogP contribution in [0, 0.1) is 5.92 Å². The molecule has 1 aromatic heterocycles. The topological polar surface area (TPSA) is 51.7 Å². The lowest BCUT2D eigenvalue weighted by molar-refractivity contribution is 0.0619. The van der Waals surface area contributed by atoms with Crippen LogP contribution in [-0.4, -0.2) is 78.5 Å². The van der Waals surface area contributed by atoms with E-state index in [1.165, 1.54) is 43.2 Å². The molecular formula is C21H29N5OS. The number of piperidine rings is 3. The van der Waals surface area contributed by atoms with E-state index >= 15 is 0 Å². The van der Waals surface area contributed by atoms with Crippen molar-refractivity contribution in [1.29, 1.82) is 0 Å². The summed E-state index contributed by atoms with van der Waals surface area (Å²) < 4.78 is 5.63. The fourth-order valence-corrected chi connectivity index (χ4v) is 5.78. The first-order chi connectivity index (χ1) is 13.7. The molecule has 6 nitrogen and oxygen atoms in total. The third kappa shape index (κ3) is 3.40. The third-order valence-corrected chi connectivity index (χ3v) is 7.64. The molecule has 4 saturated heterocycles. The van der Waals surface area contributed by atoms with Gasteiger partial charge in [0, 0.05) is 49.8 Å². The number of rotatable bonds is 4. The largest absolute Gasteiger partial charge is 0.369 e. The number of anilines is 1. The summed E-state index contributed by atoms with van der Waals surface area (Å²) in [5.41, 5.74) is 1.84. The van der Waals surface area contributed by atoms with Gasteiger partial charge in [-0.05, 0) is 68.1 Å². The lowest BCUT2D eigenvalue weighted by Crippen LogP contribution is -2.57. The molecule has 150 valence electrons. The summed E-state index contributed by atoms with van der Waals surface area (Å²) in [6, 6.07) is 6.73. The van der Waals surface area contributed by atoms with Crippen LogP contribution in [0.15, 0.2) is 18.2 Å². The molecule has 2 bridgehead atoms. The number of hydrogen-bond donors (Lipinski definition) is 1. The van der Waals surface area contributed by atoms with E-state index in [0.717, 1.165) is 49.4 Å². The second kappa shape index (κ2) is 7.61. The van der Waals surface area contributed by atoms with Crippen molar-refractivity contribution < 1.29 is 4.79 Å². The molecule has 1 aromatic carbocycles. The second-order valence-corrected chi connectivity index (χ2v) is 9.16. The Bertz CT molecular complexity index is 852. The van der Waals surface area contributed by atoms with Crippen LogP contribution in [0.2, 0.25) is 0 Å². The van der Waals surface area contributed by atoms with Gasteiger partial charge in [0.15, 0.2) is 0 Å². The minimum absolute atomic E-state index is 0.00527. The molecule has 1 atom stereocenters. The number of likely N-dealkylation sites (N-methyl/N-ethyl adjacent to an activating group) is 1. The predicted octanol–water partition coefficient (Wildman–Crippen LogP) is 2.26. The first-order valence-electron chi connectivity index (χ1n) is 10.6. The number of nitrogens with zero attached hydrogens (tertiary/aromatic N) is 4. The summed E-state index contributed by atoms with van der Waals surface area (Å²) in [6.07, 6.45) is 2.41. The van der Waals surface area contributed by atoms with Gasteiger partial charge in [-0.3, -0.25) is 4.79 Å². The number of nitrogens with one attached hydrogen (secondary N) is 1. The van der Waals surface area contributed by atoms with Gasteiger partial charge in [-0.2, -0.15) is 4.37 Å². The molecule has 0 aliphatic carbocycles. The van der Waals surface area contributed by atoms with Crippen LogP contribution < -0.4 is 10.2 Å². The molecule has 2 aromatic rings. The number of benzene rings is 1. The summed E-state index contributed by atoms with van der Waals surface area (Å²) >= 11 is 1.44. The molecule has 4 aliphatic rings. The van der Waals surface area contributed by atoms with Gasteiger partial charge in [0.05, 0.1) is 4.70 Å². The van der Waals surface area contributed by atoms with Crippen molar-refractivity contribution in [3.63, 3.8) is 0 Å². The van der Waals surface area contributed by atoms with Crippen LogP contribution in [0.4, 0.5) is 5.69 Å². The fraction of sp³-hybridized carbons (Fsp3) is 0.619. The van der Waals surface area contributed by atoms with E-state index in [1.54, 1.807) is 0 Å². The quantitative estimate of drug-likeness (QED) is 0.855. The Morgan fingerprint density at radius 3 is 2.64 bits per heavy atom. The average molecular weight is 400 g/mol. The van der Waals surface area contributed by atoms with Crippen molar-refractivity contribution in [2.45, 2.75) is 25.8 Å². The van der Waals surface area contributed by atoms with Crippen LogP contribution in [0.25, 0.3) is 10.1 Å². The van der Waals surface area contributed by atoms with Crippen LogP contribution in [-0.2, 0) is 0 Å². The fourth-order valence-electron chi connectivity index (χ4n) is 4.97. The van der Waals surface area contributed by atoms with Gasteiger partial charge in [0.2, 0.25) is 0 Å². The molecule has 28 heavy (non-hydrogen) atoms. The van der Waals surface area contributed by atoms with Gasteiger partial charge in [-0.25, -0.2) is 0 Å². The number of hydrogen-bond acceptors (Lipinski definition) is 6. The lowest BCUT2D eigenvalue weighted by Gasteiger charge is -2.44. The maximum Gasteiger partial charge on any atom is 0.271 e. The Hall–Kier alpha value is -1.70. The Morgan fingerprint density at radius 1 is 1.18 bits per heavy atom. The van der Waals surface area contributed by atoms with Crippen molar-refractivity contribution in [3.05, 3.63) is 23.9 Å². The van der Waals surface area contributed by atoms with Gasteiger partial charge < -0.3 is 20.0 Å². The first-order valence-corrected chi connectivity index (χ1v) is 11.4. The summed E-state index contributed by atoms with van der Waals surface area (Å²) in [5.74, 6) is 0.626. The second-order valence-electron chi connectivity index (χ2n) is 8.35. The molecule has 4 fully saturated rings. The maximum atomic E-state index is 12.9. The van der Waals surface area contributed by atoms with Crippen LogP contribution in [0.1, 0.15) is 30.3 Å². The van der Waals surface area contributed by atoms with E-state index in [1.807, 2.05) is 0 Å². The summed E-state index contributed by atoms with van der Waals surface area (Å²) in [7, 11) is 0. The summed E-state index contributed by atoms with van der Waals surface area (Å²) in [6.45, 7) is 11.1. The maximum absolute atomic E-state index is 12.9. The molecule has 0 spiro atoms. The van der Waals surface area contributed by atoms with Crippen molar-refractivity contribution in [2.24, 2.45) is 5.92 Å². The minimum atomic E-state index is -0.00527. The van der Waals surface area contributed by atoms with Gasteiger partial charge in [-0.15, -0.1) is 0 Å². The number of amides is 1. The Balaban J connectivity index is 1.30. The highest BCUT2D eigenvalue weighted by atomic mass is 32.1. The highest BCUT2D eigenvalue weighted by Gasteiger charge is 2.35. The van der Waals surface area contributed by atoms with Gasteiger partial charge in [0.1, 0.15) is 5.69 Å². The van der Waals surface area contributed by atoms with E-state index in [9.17, 15) is 4.79 Å². The zero-order chi connectivity index (χ0) is 19.1. The van der Waals surface area contributed by atoms with Crippen molar-refractivity contribution >= 4 is 33.2 Å². The standard InChI is InChI=1S/C21H29N5OS/c1-2-24-9-11-26(12-10-24)16-3-4-17-19(13-16)28-23-20(17)21(27)22-18-14-25-7-5-15(18)6-8-25/h3-4,13,15,18H,2,5-12,14H2,1H3,(H,22,27)/t18-/m1/s1. The van der Waals surface area contributed by atoms with E-state index in [4.69, 9.17) is 0 Å². The van der Waals surface area contributed by atoms with Crippen molar-refractivity contribution in [2.75, 3.05) is 57.3 Å². The molecule has 6 rings (SSSR count). The third-order valence-electron chi connectivity index (χ3n) is 6.83. The van der Waals surface area contributed by atoms with E-state index in [0.29, 0.717) is 11.6 Å². The summed E-state index contributed by atoms with van der Waals surface area (Å²) in [4.78, 5) is 20.3. The van der Waals surface area contributed by atoms with Gasteiger partial charge >= 0.3 is 0 Å². The molecule has 1 amide bonds. The molecule has 0 radical (unpaired) electrons. The molecule has 0 unspecified atom stereocenters. The Kier molecular flexibility index (Phi) is 4.99. The smallest absolute Gasteiger partial charge is 0.271 e. The number of carbonyl (C=O) groups excluding carboxylic acids is 1. The van der Waals surface area contributed by atoms with Crippen LogP contribution in [0.5, 0.6) is 0 Å². The Labute approximate surface area is 170 Å². The van der Waals surface area contributed by atoms with E-state index < -0.39 is 0 Å².